The number of thiophene rings is 1. The number of pyridine rings is 1. The Kier molecular flexibility index (Phi) is 2.98. The van der Waals surface area contributed by atoms with E-state index in [1.807, 2.05) is 6.07 Å². The summed E-state index contributed by atoms with van der Waals surface area (Å²) in [5.41, 5.74) is 7.33. The predicted octanol–water partition coefficient (Wildman–Crippen LogP) is 2.15. The number of fused-ring (bicyclic) bond motifs is 3. The lowest BCUT2D eigenvalue weighted by Crippen LogP contribution is -2.17. The van der Waals surface area contributed by atoms with Gasteiger partial charge in [-0.25, -0.2) is 9.97 Å². The van der Waals surface area contributed by atoms with Crippen molar-refractivity contribution in [3.63, 3.8) is 0 Å². The monoisotopic (exact) mass is 335 g/mol. The number of aromatic nitrogens is 3. The molecule has 24 heavy (non-hydrogen) atoms. The van der Waals surface area contributed by atoms with Crippen molar-refractivity contribution in [2.75, 3.05) is 5.73 Å². The number of anilines is 1. The molecule has 0 saturated heterocycles. The highest BCUT2D eigenvalue weighted by molar-refractivity contribution is 7.25. The molecule has 0 radical (unpaired) electrons. The summed E-state index contributed by atoms with van der Waals surface area (Å²) in [4.78, 5) is 21.9. The first-order valence-electron chi connectivity index (χ1n) is 6.88. The van der Waals surface area contributed by atoms with Gasteiger partial charge in [-0.05, 0) is 24.3 Å². The summed E-state index contributed by atoms with van der Waals surface area (Å²) in [6, 6.07) is 8.22. The number of hydrogen-bond acceptors (Lipinski definition) is 7. The molecule has 0 aliphatic heterocycles. The van der Waals surface area contributed by atoms with Gasteiger partial charge in [-0.3, -0.25) is 9.36 Å². The standard InChI is InChI=1S/C16H9N5O2S/c17-5-8-6-19-15-11(12(8)18)13-14(24-15)16(23)21(7-20-13)9-1-3-10(22)4-2-9/h1-4,6-7,22H,(H2,18,19). The fourth-order valence-corrected chi connectivity index (χ4v) is 3.55. The van der Waals surface area contributed by atoms with Gasteiger partial charge in [-0.2, -0.15) is 5.26 Å². The average Bonchev–Trinajstić information content (AvgIpc) is 2.97. The number of benzene rings is 1. The number of nitrogen functional groups attached to an aromatic ring is 1. The van der Waals surface area contributed by atoms with E-state index in [4.69, 9.17) is 11.0 Å². The molecule has 0 aliphatic rings. The van der Waals surface area contributed by atoms with Crippen LogP contribution in [-0.4, -0.2) is 19.6 Å². The first-order chi connectivity index (χ1) is 11.6. The molecule has 0 saturated carbocycles. The molecular weight excluding hydrogens is 326 g/mol. The van der Waals surface area contributed by atoms with Gasteiger partial charge in [-0.1, -0.05) is 0 Å². The second-order valence-corrected chi connectivity index (χ2v) is 6.09. The maximum absolute atomic E-state index is 12.8. The Morgan fingerprint density at radius 2 is 2.00 bits per heavy atom. The molecule has 7 nitrogen and oxygen atoms in total. The topological polar surface area (TPSA) is 118 Å². The summed E-state index contributed by atoms with van der Waals surface area (Å²) < 4.78 is 1.80. The molecule has 3 N–H and O–H groups in total. The molecule has 1 aromatic carbocycles. The summed E-state index contributed by atoms with van der Waals surface area (Å²) in [5, 5.41) is 19.0. The van der Waals surface area contributed by atoms with Crippen LogP contribution in [0.1, 0.15) is 5.56 Å². The molecule has 3 heterocycles. The van der Waals surface area contributed by atoms with Crippen LogP contribution in [0.2, 0.25) is 0 Å². The fourth-order valence-electron chi connectivity index (χ4n) is 2.50. The maximum Gasteiger partial charge on any atom is 0.275 e. The van der Waals surface area contributed by atoms with Gasteiger partial charge in [0.15, 0.2) is 0 Å². The predicted molar refractivity (Wildman–Crippen MR) is 91.3 cm³/mol. The molecule has 3 aromatic heterocycles. The second-order valence-electron chi connectivity index (χ2n) is 5.09. The zero-order chi connectivity index (χ0) is 16.8. The SMILES string of the molecule is N#Cc1cnc2sc3c(=O)n(-c4ccc(O)cc4)cnc3c2c1N. The first kappa shape index (κ1) is 14.2. The molecule has 0 atom stereocenters. The van der Waals surface area contributed by atoms with Crippen LogP contribution in [0.25, 0.3) is 26.1 Å². The highest BCUT2D eigenvalue weighted by atomic mass is 32.1. The molecular formula is C16H9N5O2S. The van der Waals surface area contributed by atoms with Gasteiger partial charge < -0.3 is 10.8 Å². The van der Waals surface area contributed by atoms with Crippen LogP contribution >= 0.6 is 11.3 Å². The molecule has 116 valence electrons. The minimum absolute atomic E-state index is 0.115. The molecule has 0 spiro atoms. The van der Waals surface area contributed by atoms with E-state index in [2.05, 4.69) is 9.97 Å². The van der Waals surface area contributed by atoms with Crippen molar-refractivity contribution < 1.29 is 5.11 Å². The third-order valence-electron chi connectivity index (χ3n) is 3.70. The third kappa shape index (κ3) is 1.92. The van der Waals surface area contributed by atoms with Crippen LogP contribution in [0, 0.1) is 11.3 Å². The quantitative estimate of drug-likeness (QED) is 0.550. The zero-order valence-electron chi connectivity index (χ0n) is 12.1. The van der Waals surface area contributed by atoms with E-state index in [0.29, 0.717) is 26.1 Å². The molecule has 0 unspecified atom stereocenters. The fraction of sp³-hybridized carbons (Fsp3) is 0. The number of nitrogens with zero attached hydrogens (tertiary/aromatic N) is 4. The highest BCUT2D eigenvalue weighted by Crippen LogP contribution is 2.34. The Balaban J connectivity index is 2.06. The van der Waals surface area contributed by atoms with E-state index in [-0.39, 0.29) is 22.6 Å². The summed E-state index contributed by atoms with van der Waals surface area (Å²) in [5.74, 6) is 0.115. The Labute approximate surface area is 138 Å². The van der Waals surface area contributed by atoms with E-state index in [1.54, 1.807) is 12.1 Å². The van der Waals surface area contributed by atoms with Gasteiger partial charge >= 0.3 is 0 Å². The van der Waals surface area contributed by atoms with E-state index >= 15 is 0 Å². The molecule has 0 fully saturated rings. The van der Waals surface area contributed by atoms with E-state index < -0.39 is 0 Å². The van der Waals surface area contributed by atoms with Crippen molar-refractivity contribution >= 4 is 37.5 Å². The van der Waals surface area contributed by atoms with E-state index in [0.717, 1.165) is 0 Å². The summed E-state index contributed by atoms with van der Waals surface area (Å²) in [6.45, 7) is 0. The van der Waals surface area contributed by atoms with Crippen molar-refractivity contribution in [3.05, 3.63) is 52.7 Å². The van der Waals surface area contributed by atoms with Crippen LogP contribution < -0.4 is 11.3 Å². The minimum atomic E-state index is -0.258. The number of phenols is 1. The molecule has 4 rings (SSSR count). The smallest absolute Gasteiger partial charge is 0.275 e. The number of nitriles is 1. The van der Waals surface area contributed by atoms with Crippen molar-refractivity contribution in [2.45, 2.75) is 0 Å². The number of rotatable bonds is 1. The summed E-state index contributed by atoms with van der Waals surface area (Å²) in [7, 11) is 0. The average molecular weight is 335 g/mol. The van der Waals surface area contributed by atoms with E-state index in [9.17, 15) is 9.90 Å². The van der Waals surface area contributed by atoms with Crippen molar-refractivity contribution in [2.24, 2.45) is 0 Å². The molecule has 0 amide bonds. The Morgan fingerprint density at radius 1 is 1.25 bits per heavy atom. The van der Waals surface area contributed by atoms with Crippen LogP contribution in [0.3, 0.4) is 0 Å². The number of aromatic hydroxyl groups is 1. The molecule has 4 aromatic rings. The number of nitrogens with two attached hydrogens (primary N) is 1. The summed E-state index contributed by atoms with van der Waals surface area (Å²) in [6.07, 6.45) is 2.80. The van der Waals surface area contributed by atoms with Crippen LogP contribution in [0.4, 0.5) is 5.69 Å². The summed E-state index contributed by atoms with van der Waals surface area (Å²) >= 11 is 1.19. The van der Waals surface area contributed by atoms with Gasteiger partial charge in [0, 0.05) is 6.20 Å². The lowest BCUT2D eigenvalue weighted by molar-refractivity contribution is 0.475. The first-order valence-corrected chi connectivity index (χ1v) is 7.69. The van der Waals surface area contributed by atoms with Gasteiger partial charge in [0.05, 0.1) is 22.3 Å². The zero-order valence-corrected chi connectivity index (χ0v) is 12.9. The molecule has 0 bridgehead atoms. The third-order valence-corrected chi connectivity index (χ3v) is 4.77. The largest absolute Gasteiger partial charge is 0.508 e. The highest BCUT2D eigenvalue weighted by Gasteiger charge is 2.17. The van der Waals surface area contributed by atoms with Crippen molar-refractivity contribution in [1.82, 2.24) is 14.5 Å². The molecule has 8 heteroatoms. The number of phenolic OH excluding ortho intramolecular Hbond substituents is 1. The second kappa shape index (κ2) is 5.04. The Bertz CT molecular complexity index is 1200. The lowest BCUT2D eigenvalue weighted by atomic mass is 10.2. The number of hydrogen-bond donors (Lipinski definition) is 2. The Morgan fingerprint density at radius 3 is 2.71 bits per heavy atom. The van der Waals surface area contributed by atoms with Gasteiger partial charge in [0.2, 0.25) is 0 Å². The van der Waals surface area contributed by atoms with Crippen LogP contribution in [0.5, 0.6) is 5.75 Å². The lowest BCUT2D eigenvalue weighted by Gasteiger charge is -2.05. The van der Waals surface area contributed by atoms with Gasteiger partial charge in [0.25, 0.3) is 5.56 Å². The van der Waals surface area contributed by atoms with Gasteiger partial charge in [-0.15, -0.1) is 11.3 Å². The van der Waals surface area contributed by atoms with Crippen molar-refractivity contribution in [3.8, 4) is 17.5 Å². The Hall–Kier alpha value is -3.44. The molecule has 0 aliphatic carbocycles. The van der Waals surface area contributed by atoms with E-state index in [1.165, 1.54) is 40.6 Å². The normalized spacial score (nSPS) is 11.0. The minimum Gasteiger partial charge on any atom is -0.508 e. The maximum atomic E-state index is 12.8. The van der Waals surface area contributed by atoms with Crippen LogP contribution in [0.15, 0.2) is 41.6 Å². The van der Waals surface area contributed by atoms with Crippen LogP contribution in [-0.2, 0) is 0 Å². The van der Waals surface area contributed by atoms with Crippen molar-refractivity contribution in [1.29, 1.82) is 5.26 Å². The van der Waals surface area contributed by atoms with Gasteiger partial charge in [0.1, 0.15) is 33.2 Å².